The van der Waals surface area contributed by atoms with Gasteiger partial charge in [0, 0.05) is 33.8 Å². The summed E-state index contributed by atoms with van der Waals surface area (Å²) in [6.45, 7) is 4.04. The summed E-state index contributed by atoms with van der Waals surface area (Å²) in [5, 5.41) is 4.37. The number of nitrogens with one attached hydrogen (secondary N) is 1. The predicted octanol–water partition coefficient (Wildman–Crippen LogP) is 5.65. The van der Waals surface area contributed by atoms with Gasteiger partial charge in [0.2, 0.25) is 5.91 Å². The molecular weight excluding hydrogens is 417 g/mol. The summed E-state index contributed by atoms with van der Waals surface area (Å²) in [5.74, 6) is 2.47. The standard InChI is InChI=1S/C21H23Cl2NO3S/c1-21(2)10-18(16-7-6-15(26-3)9-19(16)27-21)24-20(25)12-28-11-13-4-5-14(22)8-17(13)23/h4-9,18H,10-12H2,1-3H3,(H,24,25)/t18-/m1/s1. The number of benzene rings is 2. The van der Waals surface area contributed by atoms with Gasteiger partial charge in [-0.15, -0.1) is 11.8 Å². The first-order valence-corrected chi connectivity index (χ1v) is 10.9. The lowest BCUT2D eigenvalue weighted by molar-refractivity contribution is -0.119. The van der Waals surface area contributed by atoms with Crippen molar-refractivity contribution in [3.8, 4) is 11.5 Å². The maximum absolute atomic E-state index is 12.5. The van der Waals surface area contributed by atoms with E-state index in [9.17, 15) is 4.79 Å². The number of methoxy groups -OCH3 is 1. The van der Waals surface area contributed by atoms with Crippen LogP contribution in [0.3, 0.4) is 0 Å². The molecule has 0 aromatic heterocycles. The highest BCUT2D eigenvalue weighted by molar-refractivity contribution is 7.99. The summed E-state index contributed by atoms with van der Waals surface area (Å²) in [4.78, 5) is 12.5. The van der Waals surface area contributed by atoms with Gasteiger partial charge in [-0.25, -0.2) is 0 Å². The Morgan fingerprint density at radius 2 is 2.07 bits per heavy atom. The molecule has 2 aromatic rings. The van der Waals surface area contributed by atoms with Crippen molar-refractivity contribution in [2.45, 2.75) is 37.7 Å². The van der Waals surface area contributed by atoms with Crippen molar-refractivity contribution < 1.29 is 14.3 Å². The number of carbonyl (C=O) groups is 1. The average molecular weight is 440 g/mol. The zero-order valence-electron chi connectivity index (χ0n) is 16.1. The van der Waals surface area contributed by atoms with Crippen molar-refractivity contribution >= 4 is 40.9 Å². The molecule has 3 rings (SSSR count). The summed E-state index contributed by atoms with van der Waals surface area (Å²) in [7, 11) is 1.62. The van der Waals surface area contributed by atoms with Crippen LogP contribution < -0.4 is 14.8 Å². The molecule has 0 saturated carbocycles. The van der Waals surface area contributed by atoms with E-state index in [0.717, 1.165) is 22.6 Å². The highest BCUT2D eigenvalue weighted by Crippen LogP contribution is 2.41. The summed E-state index contributed by atoms with van der Waals surface area (Å²) in [5.41, 5.74) is 1.56. The molecule has 0 aliphatic carbocycles. The van der Waals surface area contributed by atoms with Gasteiger partial charge in [0.15, 0.2) is 0 Å². The summed E-state index contributed by atoms with van der Waals surface area (Å²) >= 11 is 13.6. The van der Waals surface area contributed by atoms with Gasteiger partial charge in [-0.05, 0) is 43.7 Å². The van der Waals surface area contributed by atoms with Gasteiger partial charge in [-0.2, -0.15) is 0 Å². The molecule has 1 atom stereocenters. The van der Waals surface area contributed by atoms with Crippen molar-refractivity contribution in [3.63, 3.8) is 0 Å². The van der Waals surface area contributed by atoms with E-state index in [2.05, 4.69) is 5.32 Å². The van der Waals surface area contributed by atoms with E-state index in [1.54, 1.807) is 19.2 Å². The Balaban J connectivity index is 1.62. The van der Waals surface area contributed by atoms with Gasteiger partial charge < -0.3 is 14.8 Å². The monoisotopic (exact) mass is 439 g/mol. The van der Waals surface area contributed by atoms with Gasteiger partial charge in [0.1, 0.15) is 17.1 Å². The van der Waals surface area contributed by atoms with Gasteiger partial charge >= 0.3 is 0 Å². The summed E-state index contributed by atoms with van der Waals surface area (Å²) in [6, 6.07) is 11.0. The number of fused-ring (bicyclic) bond motifs is 1. The molecule has 0 radical (unpaired) electrons. The Morgan fingerprint density at radius 3 is 2.79 bits per heavy atom. The topological polar surface area (TPSA) is 47.6 Å². The van der Waals surface area contributed by atoms with Crippen LogP contribution >= 0.6 is 35.0 Å². The normalized spacial score (nSPS) is 17.4. The Bertz CT molecular complexity index is 873. The highest BCUT2D eigenvalue weighted by atomic mass is 35.5. The third-order valence-corrected chi connectivity index (χ3v) is 6.09. The van der Waals surface area contributed by atoms with E-state index in [1.807, 2.05) is 38.1 Å². The van der Waals surface area contributed by atoms with Crippen LogP contribution in [-0.4, -0.2) is 24.4 Å². The maximum Gasteiger partial charge on any atom is 0.230 e. The number of halogens is 2. The third-order valence-electron chi connectivity index (χ3n) is 4.52. The van der Waals surface area contributed by atoms with Crippen LogP contribution in [0.1, 0.15) is 37.4 Å². The molecule has 0 bridgehead atoms. The first-order chi connectivity index (χ1) is 13.3. The first kappa shape index (κ1) is 21.2. The molecule has 1 aliphatic heterocycles. The van der Waals surface area contributed by atoms with Crippen LogP contribution in [-0.2, 0) is 10.5 Å². The molecule has 7 heteroatoms. The van der Waals surface area contributed by atoms with Crippen LogP contribution in [0.2, 0.25) is 10.0 Å². The number of amides is 1. The zero-order valence-corrected chi connectivity index (χ0v) is 18.4. The van der Waals surface area contributed by atoms with Crippen LogP contribution in [0.4, 0.5) is 0 Å². The van der Waals surface area contributed by atoms with Crippen molar-refractivity contribution in [3.05, 3.63) is 57.6 Å². The zero-order chi connectivity index (χ0) is 20.3. The van der Waals surface area contributed by atoms with Crippen molar-refractivity contribution in [1.29, 1.82) is 0 Å². The number of carbonyl (C=O) groups excluding carboxylic acids is 1. The summed E-state index contributed by atoms with van der Waals surface area (Å²) < 4.78 is 11.4. The molecule has 0 unspecified atom stereocenters. The fourth-order valence-corrected chi connectivity index (χ4v) is 4.61. The largest absolute Gasteiger partial charge is 0.497 e. The van der Waals surface area contributed by atoms with E-state index >= 15 is 0 Å². The second-order valence-corrected chi connectivity index (χ2v) is 9.15. The average Bonchev–Trinajstić information content (AvgIpc) is 2.62. The molecule has 28 heavy (non-hydrogen) atoms. The fourth-order valence-electron chi connectivity index (χ4n) is 3.22. The number of hydrogen-bond acceptors (Lipinski definition) is 4. The molecular formula is C21H23Cl2NO3S. The molecule has 4 nitrogen and oxygen atoms in total. The molecule has 0 fully saturated rings. The number of thioether (sulfide) groups is 1. The van der Waals surface area contributed by atoms with Crippen molar-refractivity contribution in [1.82, 2.24) is 5.32 Å². The van der Waals surface area contributed by atoms with Crippen molar-refractivity contribution in [2.75, 3.05) is 12.9 Å². The second-order valence-electron chi connectivity index (χ2n) is 7.32. The minimum absolute atomic E-state index is 0.0143. The molecule has 1 heterocycles. The fraction of sp³-hybridized carbons (Fsp3) is 0.381. The van der Waals surface area contributed by atoms with E-state index in [1.165, 1.54) is 11.8 Å². The molecule has 1 aliphatic rings. The molecule has 1 N–H and O–H groups in total. The predicted molar refractivity (Wildman–Crippen MR) is 116 cm³/mol. The van der Waals surface area contributed by atoms with Gasteiger partial charge in [0.25, 0.3) is 0 Å². The lowest BCUT2D eigenvalue weighted by Gasteiger charge is -2.38. The number of ether oxygens (including phenoxy) is 2. The van der Waals surface area contributed by atoms with E-state index in [0.29, 0.717) is 28.0 Å². The minimum Gasteiger partial charge on any atom is -0.497 e. The van der Waals surface area contributed by atoms with Gasteiger partial charge in [0.05, 0.1) is 18.9 Å². The molecule has 1 amide bonds. The lowest BCUT2D eigenvalue weighted by Crippen LogP contribution is -2.41. The highest BCUT2D eigenvalue weighted by Gasteiger charge is 2.34. The van der Waals surface area contributed by atoms with E-state index < -0.39 is 0 Å². The summed E-state index contributed by atoms with van der Waals surface area (Å²) in [6.07, 6.45) is 0.700. The second kappa shape index (κ2) is 8.85. The smallest absolute Gasteiger partial charge is 0.230 e. The van der Waals surface area contributed by atoms with E-state index in [4.69, 9.17) is 32.7 Å². The number of rotatable bonds is 6. The first-order valence-electron chi connectivity index (χ1n) is 8.95. The van der Waals surface area contributed by atoms with Gasteiger partial charge in [-0.3, -0.25) is 4.79 Å². The minimum atomic E-state index is -0.374. The van der Waals surface area contributed by atoms with Crippen LogP contribution in [0, 0.1) is 0 Å². The molecule has 2 aromatic carbocycles. The maximum atomic E-state index is 12.5. The molecule has 0 spiro atoms. The third kappa shape index (κ3) is 5.28. The Hall–Kier alpha value is -1.56. The van der Waals surface area contributed by atoms with E-state index in [-0.39, 0.29) is 17.6 Å². The quantitative estimate of drug-likeness (QED) is 0.630. The SMILES string of the molecule is COc1ccc2c(c1)OC(C)(C)C[C@H]2NC(=O)CSCc1ccc(Cl)cc1Cl. The number of hydrogen-bond donors (Lipinski definition) is 1. The van der Waals surface area contributed by atoms with Crippen molar-refractivity contribution in [2.24, 2.45) is 0 Å². The Morgan fingerprint density at radius 1 is 1.29 bits per heavy atom. The van der Waals surface area contributed by atoms with Crippen LogP contribution in [0.25, 0.3) is 0 Å². The van der Waals surface area contributed by atoms with Crippen LogP contribution in [0.5, 0.6) is 11.5 Å². The van der Waals surface area contributed by atoms with Gasteiger partial charge in [-0.1, -0.05) is 29.3 Å². The van der Waals surface area contributed by atoms with Crippen LogP contribution in [0.15, 0.2) is 36.4 Å². The lowest BCUT2D eigenvalue weighted by atomic mass is 9.89. The molecule has 0 saturated heterocycles. The molecule has 150 valence electrons. The Kier molecular flexibility index (Phi) is 6.69. The Labute approximate surface area is 179 Å².